The molecule has 0 aliphatic heterocycles. The summed E-state index contributed by atoms with van der Waals surface area (Å²) in [5.41, 5.74) is 0. The van der Waals surface area contributed by atoms with E-state index < -0.39 is 10.0 Å². The van der Waals surface area contributed by atoms with E-state index in [0.717, 1.165) is 11.3 Å². The summed E-state index contributed by atoms with van der Waals surface area (Å²) in [6, 6.07) is 1.58. The summed E-state index contributed by atoms with van der Waals surface area (Å²) in [6.45, 7) is 6.46. The number of hydrogen-bond acceptors (Lipinski definition) is 4. The van der Waals surface area contributed by atoms with Crippen LogP contribution in [0.1, 0.15) is 30.0 Å². The Morgan fingerprint density at radius 2 is 2.06 bits per heavy atom. The van der Waals surface area contributed by atoms with Gasteiger partial charge >= 0.3 is 0 Å². The summed E-state index contributed by atoms with van der Waals surface area (Å²) in [4.78, 5) is 1.76. The van der Waals surface area contributed by atoms with Gasteiger partial charge in [-0.05, 0) is 19.4 Å². The molecule has 1 N–H and O–H groups in total. The number of hydrogen-bond donors (Lipinski definition) is 1. The molecule has 1 aromatic heterocycles. The van der Waals surface area contributed by atoms with E-state index in [1.807, 2.05) is 13.8 Å². The Morgan fingerprint density at radius 1 is 1.41 bits per heavy atom. The van der Waals surface area contributed by atoms with Crippen LogP contribution in [0.4, 0.5) is 0 Å². The van der Waals surface area contributed by atoms with Crippen LogP contribution in [0.3, 0.4) is 0 Å². The molecule has 0 aromatic carbocycles. The fraction of sp³-hybridized carbons (Fsp3) is 0.636. The second-order valence-corrected chi connectivity index (χ2v) is 7.04. The second kappa shape index (κ2) is 5.95. The number of thiophene rings is 1. The first-order valence-corrected chi connectivity index (χ1v) is 7.93. The third-order valence-electron chi connectivity index (χ3n) is 2.52. The summed E-state index contributed by atoms with van der Waals surface area (Å²) in [7, 11) is -3.40. The molecule has 0 aliphatic rings. The molecule has 0 radical (unpaired) electrons. The van der Waals surface area contributed by atoms with Crippen LogP contribution >= 0.6 is 11.3 Å². The number of aliphatic hydroxyl groups excluding tert-OH is 1. The lowest BCUT2D eigenvalue weighted by Crippen LogP contribution is -2.31. The zero-order valence-electron chi connectivity index (χ0n) is 10.4. The van der Waals surface area contributed by atoms with Gasteiger partial charge in [0.25, 0.3) is 0 Å². The molecule has 0 saturated heterocycles. The molecule has 1 aromatic rings. The van der Waals surface area contributed by atoms with E-state index in [1.165, 1.54) is 15.6 Å². The minimum atomic E-state index is -3.40. The highest BCUT2D eigenvalue weighted by Crippen LogP contribution is 2.28. The molecule has 17 heavy (non-hydrogen) atoms. The maximum absolute atomic E-state index is 12.4. The first kappa shape index (κ1) is 14.6. The normalized spacial score (nSPS) is 12.3. The minimum absolute atomic E-state index is 0.110. The fourth-order valence-corrected chi connectivity index (χ4v) is 4.70. The summed E-state index contributed by atoms with van der Waals surface area (Å²) >= 11 is 1.33. The van der Waals surface area contributed by atoms with Gasteiger partial charge in [0, 0.05) is 22.8 Å². The van der Waals surface area contributed by atoms with E-state index in [2.05, 4.69) is 0 Å². The minimum Gasteiger partial charge on any atom is -0.391 e. The van der Waals surface area contributed by atoms with Crippen molar-refractivity contribution in [3.63, 3.8) is 0 Å². The van der Waals surface area contributed by atoms with E-state index in [9.17, 15) is 8.42 Å². The van der Waals surface area contributed by atoms with Gasteiger partial charge in [0.05, 0.1) is 11.5 Å². The van der Waals surface area contributed by atoms with Gasteiger partial charge in [-0.3, -0.25) is 0 Å². The van der Waals surface area contributed by atoms with E-state index in [0.29, 0.717) is 22.9 Å². The molecule has 1 rings (SSSR count). The van der Waals surface area contributed by atoms with Crippen LogP contribution in [-0.2, 0) is 16.6 Å². The van der Waals surface area contributed by atoms with E-state index >= 15 is 0 Å². The standard InChI is InChI=1S/C11H19NO3S2/c1-4-6-12(5-2)17(14,15)11-7-10(8-13)16-9(11)3/h7,13H,4-6,8H2,1-3H3. The van der Waals surface area contributed by atoms with Crippen molar-refractivity contribution in [2.75, 3.05) is 13.1 Å². The van der Waals surface area contributed by atoms with Gasteiger partial charge in [-0.1, -0.05) is 13.8 Å². The number of sulfonamides is 1. The van der Waals surface area contributed by atoms with E-state index in [4.69, 9.17) is 5.11 Å². The van der Waals surface area contributed by atoms with Gasteiger partial charge in [0.1, 0.15) is 0 Å². The predicted molar refractivity (Wildman–Crippen MR) is 69.7 cm³/mol. The molecular weight excluding hydrogens is 258 g/mol. The highest BCUT2D eigenvalue weighted by molar-refractivity contribution is 7.89. The van der Waals surface area contributed by atoms with Crippen molar-refractivity contribution >= 4 is 21.4 Å². The zero-order valence-corrected chi connectivity index (χ0v) is 12.1. The summed E-state index contributed by atoms with van der Waals surface area (Å²) in [5.74, 6) is 0. The molecule has 0 bridgehead atoms. The molecule has 6 heteroatoms. The van der Waals surface area contributed by atoms with E-state index in [1.54, 1.807) is 13.0 Å². The van der Waals surface area contributed by atoms with Crippen LogP contribution in [0.25, 0.3) is 0 Å². The molecular formula is C11H19NO3S2. The highest BCUT2D eigenvalue weighted by Gasteiger charge is 2.25. The first-order chi connectivity index (χ1) is 7.97. The molecule has 1 heterocycles. The smallest absolute Gasteiger partial charge is 0.244 e. The van der Waals surface area contributed by atoms with Crippen LogP contribution in [0.2, 0.25) is 0 Å². The van der Waals surface area contributed by atoms with Gasteiger partial charge in [-0.15, -0.1) is 11.3 Å². The summed E-state index contributed by atoms with van der Waals surface area (Å²) in [5, 5.41) is 9.04. The average Bonchev–Trinajstić information content (AvgIpc) is 2.67. The Bertz CT molecular complexity index is 465. The third-order valence-corrected chi connectivity index (χ3v) is 5.79. The van der Waals surface area contributed by atoms with Crippen molar-refractivity contribution < 1.29 is 13.5 Å². The molecule has 0 amide bonds. The maximum Gasteiger partial charge on any atom is 0.244 e. The zero-order chi connectivity index (χ0) is 13.1. The van der Waals surface area contributed by atoms with Crippen LogP contribution in [0, 0.1) is 6.92 Å². The van der Waals surface area contributed by atoms with Crippen LogP contribution in [-0.4, -0.2) is 30.9 Å². The van der Waals surface area contributed by atoms with Crippen molar-refractivity contribution in [3.05, 3.63) is 15.8 Å². The first-order valence-electron chi connectivity index (χ1n) is 5.67. The number of aliphatic hydroxyl groups is 1. The van der Waals surface area contributed by atoms with Crippen molar-refractivity contribution in [2.24, 2.45) is 0 Å². The molecule has 4 nitrogen and oxygen atoms in total. The monoisotopic (exact) mass is 277 g/mol. The molecule has 0 saturated carbocycles. The van der Waals surface area contributed by atoms with Crippen molar-refractivity contribution in [1.82, 2.24) is 4.31 Å². The summed E-state index contributed by atoms with van der Waals surface area (Å²) in [6.07, 6.45) is 0.795. The largest absolute Gasteiger partial charge is 0.391 e. The van der Waals surface area contributed by atoms with Crippen LogP contribution < -0.4 is 0 Å². The molecule has 98 valence electrons. The Balaban J connectivity index is 3.15. The summed E-state index contributed by atoms with van der Waals surface area (Å²) < 4.78 is 26.2. The van der Waals surface area contributed by atoms with Gasteiger partial charge in [-0.25, -0.2) is 8.42 Å². The molecule has 0 aliphatic carbocycles. The van der Waals surface area contributed by atoms with Crippen LogP contribution in [0.15, 0.2) is 11.0 Å². The maximum atomic E-state index is 12.4. The Hall–Kier alpha value is -0.430. The predicted octanol–water partition coefficient (Wildman–Crippen LogP) is 1.97. The molecule has 0 atom stereocenters. The Labute approximate surface area is 107 Å². The topological polar surface area (TPSA) is 57.6 Å². The van der Waals surface area contributed by atoms with Gasteiger partial charge in [0.2, 0.25) is 10.0 Å². The third kappa shape index (κ3) is 3.07. The van der Waals surface area contributed by atoms with Gasteiger partial charge in [0.15, 0.2) is 0 Å². The van der Waals surface area contributed by atoms with Gasteiger partial charge < -0.3 is 5.11 Å². The number of nitrogens with zero attached hydrogens (tertiary/aromatic N) is 1. The quantitative estimate of drug-likeness (QED) is 0.865. The molecule has 0 unspecified atom stereocenters. The van der Waals surface area contributed by atoms with Crippen molar-refractivity contribution in [2.45, 2.75) is 38.7 Å². The van der Waals surface area contributed by atoms with Crippen molar-refractivity contribution in [3.8, 4) is 0 Å². The lowest BCUT2D eigenvalue weighted by atomic mass is 10.4. The molecule has 0 fully saturated rings. The highest BCUT2D eigenvalue weighted by atomic mass is 32.2. The Morgan fingerprint density at radius 3 is 2.47 bits per heavy atom. The number of rotatable bonds is 6. The van der Waals surface area contributed by atoms with Gasteiger partial charge in [-0.2, -0.15) is 4.31 Å². The van der Waals surface area contributed by atoms with Crippen LogP contribution in [0.5, 0.6) is 0 Å². The second-order valence-electron chi connectivity index (χ2n) is 3.79. The Kier molecular flexibility index (Phi) is 5.12. The average molecular weight is 277 g/mol. The molecule has 0 spiro atoms. The van der Waals surface area contributed by atoms with E-state index in [-0.39, 0.29) is 6.61 Å². The lowest BCUT2D eigenvalue weighted by molar-refractivity contribution is 0.285. The number of aryl methyl sites for hydroxylation is 1. The lowest BCUT2D eigenvalue weighted by Gasteiger charge is -2.19. The SMILES string of the molecule is CCCN(CC)S(=O)(=O)c1cc(CO)sc1C. The fourth-order valence-electron chi connectivity index (χ4n) is 1.70. The van der Waals surface area contributed by atoms with Crippen molar-refractivity contribution in [1.29, 1.82) is 0 Å².